The first-order chi connectivity index (χ1) is 14.0. The van der Waals surface area contributed by atoms with Crippen molar-refractivity contribution in [1.29, 1.82) is 0 Å². The summed E-state index contributed by atoms with van der Waals surface area (Å²) in [5.41, 5.74) is -3.01. The van der Waals surface area contributed by atoms with Crippen molar-refractivity contribution in [3.8, 4) is 0 Å². The number of amides is 1. The van der Waals surface area contributed by atoms with Gasteiger partial charge in [-0.25, -0.2) is 4.79 Å². The van der Waals surface area contributed by atoms with E-state index in [1.54, 1.807) is 11.8 Å². The lowest BCUT2D eigenvalue weighted by Crippen LogP contribution is -2.59. The average Bonchev–Trinajstić information content (AvgIpc) is 2.65. The van der Waals surface area contributed by atoms with E-state index in [9.17, 15) is 24.3 Å². The molecule has 0 radical (unpaired) electrons. The van der Waals surface area contributed by atoms with Crippen molar-refractivity contribution in [2.75, 3.05) is 19.7 Å². The molecule has 0 aromatic carbocycles. The van der Waals surface area contributed by atoms with E-state index in [1.165, 1.54) is 10.8 Å². The summed E-state index contributed by atoms with van der Waals surface area (Å²) >= 11 is 3.10. The molecular formula is C19H26BrN3O7. The molecule has 2 fully saturated rings. The molecule has 2 atom stereocenters. The highest BCUT2D eigenvalue weighted by atomic mass is 79.9. The van der Waals surface area contributed by atoms with Gasteiger partial charge in [0.15, 0.2) is 0 Å². The van der Waals surface area contributed by atoms with E-state index in [0.29, 0.717) is 32.4 Å². The van der Waals surface area contributed by atoms with Crippen LogP contribution in [0.3, 0.4) is 0 Å². The van der Waals surface area contributed by atoms with Gasteiger partial charge in [-0.1, -0.05) is 0 Å². The Labute approximate surface area is 181 Å². The number of carbonyl (C=O) groups is 2. The summed E-state index contributed by atoms with van der Waals surface area (Å²) in [6.07, 6.45) is 3.22. The maximum Gasteiger partial charge on any atom is 0.328 e. The summed E-state index contributed by atoms with van der Waals surface area (Å²) < 4.78 is 7.60. The van der Waals surface area contributed by atoms with Gasteiger partial charge in [-0.2, -0.15) is 0 Å². The van der Waals surface area contributed by atoms with E-state index in [2.05, 4.69) is 20.9 Å². The third-order valence-electron chi connectivity index (χ3n) is 6.01. The van der Waals surface area contributed by atoms with Crippen LogP contribution in [-0.4, -0.2) is 67.4 Å². The van der Waals surface area contributed by atoms with Gasteiger partial charge in [0.2, 0.25) is 5.91 Å². The minimum absolute atomic E-state index is 0.0306. The van der Waals surface area contributed by atoms with Crippen LogP contribution in [0.25, 0.3) is 0 Å². The first-order valence-electron chi connectivity index (χ1n) is 9.90. The number of carboxylic acid groups (broad SMARTS) is 1. The molecule has 11 heteroatoms. The van der Waals surface area contributed by atoms with Crippen molar-refractivity contribution in [1.82, 2.24) is 14.5 Å². The number of ether oxygens (including phenoxy) is 1. The zero-order valence-electron chi connectivity index (χ0n) is 16.7. The van der Waals surface area contributed by atoms with Gasteiger partial charge >= 0.3 is 11.7 Å². The predicted octanol–water partition coefficient (Wildman–Crippen LogP) is 0.628. The number of aromatic amines is 1. The number of aliphatic carboxylic acids is 1. The molecule has 1 aromatic rings. The van der Waals surface area contributed by atoms with Gasteiger partial charge in [0.05, 0.1) is 28.3 Å². The SMILES string of the molecule is C[C@]1(O)CC2(CCN(C(=O)CCCC(=O)O)CC2)OC[C@@H]1n1cc(Br)c(=O)[nH]c1=O. The van der Waals surface area contributed by atoms with E-state index in [4.69, 9.17) is 9.84 Å². The molecule has 0 aliphatic carbocycles. The molecule has 1 amide bonds. The maximum atomic E-state index is 12.3. The quantitative estimate of drug-likeness (QED) is 0.552. The van der Waals surface area contributed by atoms with E-state index >= 15 is 0 Å². The van der Waals surface area contributed by atoms with Crippen LogP contribution in [0.15, 0.2) is 20.3 Å². The van der Waals surface area contributed by atoms with Crippen molar-refractivity contribution in [2.45, 2.75) is 62.7 Å². The lowest BCUT2D eigenvalue weighted by molar-refractivity contribution is -0.198. The molecule has 2 aliphatic heterocycles. The van der Waals surface area contributed by atoms with Gasteiger partial charge in [-0.15, -0.1) is 0 Å². The predicted molar refractivity (Wildman–Crippen MR) is 109 cm³/mol. The smallest absolute Gasteiger partial charge is 0.328 e. The Morgan fingerprint density at radius 2 is 1.97 bits per heavy atom. The first-order valence-corrected chi connectivity index (χ1v) is 10.7. The lowest BCUT2D eigenvalue weighted by Gasteiger charge is -2.51. The summed E-state index contributed by atoms with van der Waals surface area (Å²) in [4.78, 5) is 50.6. The summed E-state index contributed by atoms with van der Waals surface area (Å²) in [7, 11) is 0. The molecule has 2 aliphatic rings. The molecule has 0 saturated carbocycles. The Morgan fingerprint density at radius 3 is 2.57 bits per heavy atom. The second-order valence-corrected chi connectivity index (χ2v) is 9.17. The summed E-state index contributed by atoms with van der Waals surface area (Å²) in [5.74, 6) is -0.988. The highest BCUT2D eigenvalue weighted by Gasteiger charge is 2.50. The number of hydrogen-bond donors (Lipinski definition) is 3. The molecule has 2 saturated heterocycles. The standard InChI is InChI=1S/C19H26BrN3O7/c1-18(29)11-19(5-7-22(8-6-19)14(24)3-2-4-15(25)26)30-10-13(18)23-9-12(20)16(27)21-17(23)28/h9,13,29H,2-8,10-11H2,1H3,(H,25,26)(H,21,27,28)/t13-,18-/m0/s1. The number of halogens is 1. The van der Waals surface area contributed by atoms with Gasteiger partial charge in [0.25, 0.3) is 5.56 Å². The highest BCUT2D eigenvalue weighted by molar-refractivity contribution is 9.10. The highest BCUT2D eigenvalue weighted by Crippen LogP contribution is 2.43. The monoisotopic (exact) mass is 487 g/mol. The van der Waals surface area contributed by atoms with E-state index in [-0.39, 0.29) is 36.2 Å². The summed E-state index contributed by atoms with van der Waals surface area (Å²) in [6.45, 7) is 2.68. The molecule has 30 heavy (non-hydrogen) atoms. The number of likely N-dealkylation sites (tertiary alicyclic amines) is 1. The zero-order valence-corrected chi connectivity index (χ0v) is 18.3. The van der Waals surface area contributed by atoms with E-state index < -0.39 is 34.5 Å². The number of nitrogens with one attached hydrogen (secondary N) is 1. The second kappa shape index (κ2) is 8.64. The second-order valence-electron chi connectivity index (χ2n) is 8.32. The topological polar surface area (TPSA) is 142 Å². The van der Waals surface area contributed by atoms with Crippen LogP contribution in [0.5, 0.6) is 0 Å². The van der Waals surface area contributed by atoms with Crippen molar-refractivity contribution >= 4 is 27.8 Å². The minimum Gasteiger partial charge on any atom is -0.481 e. The zero-order chi connectivity index (χ0) is 22.1. The van der Waals surface area contributed by atoms with Crippen LogP contribution < -0.4 is 11.2 Å². The third kappa shape index (κ3) is 4.84. The molecule has 3 heterocycles. The minimum atomic E-state index is -1.26. The fraction of sp³-hybridized carbons (Fsp3) is 0.684. The van der Waals surface area contributed by atoms with Crippen LogP contribution in [0.2, 0.25) is 0 Å². The number of carboxylic acids is 1. The number of H-pyrrole nitrogens is 1. The normalized spacial score (nSPS) is 26.0. The van der Waals surface area contributed by atoms with Crippen LogP contribution >= 0.6 is 15.9 Å². The Morgan fingerprint density at radius 1 is 1.30 bits per heavy atom. The van der Waals surface area contributed by atoms with E-state index in [1.807, 2.05) is 0 Å². The van der Waals surface area contributed by atoms with Gasteiger partial charge in [0.1, 0.15) is 0 Å². The molecule has 1 spiro atoms. The van der Waals surface area contributed by atoms with Gasteiger partial charge in [-0.3, -0.25) is 23.9 Å². The Hall–Kier alpha value is -1.98. The fourth-order valence-electron chi connectivity index (χ4n) is 4.36. The fourth-order valence-corrected chi connectivity index (χ4v) is 4.68. The number of nitrogens with zero attached hydrogens (tertiary/aromatic N) is 2. The van der Waals surface area contributed by atoms with Gasteiger partial charge < -0.3 is 19.8 Å². The first kappa shape index (κ1) is 22.7. The number of hydrogen-bond acceptors (Lipinski definition) is 6. The maximum absolute atomic E-state index is 12.3. The molecule has 0 unspecified atom stereocenters. The molecule has 3 rings (SSSR count). The molecule has 1 aromatic heterocycles. The Balaban J connectivity index is 1.64. The number of rotatable bonds is 5. The van der Waals surface area contributed by atoms with Crippen molar-refractivity contribution in [3.05, 3.63) is 31.5 Å². The Bertz CT molecular complexity index is 931. The van der Waals surface area contributed by atoms with Crippen LogP contribution in [0.4, 0.5) is 0 Å². The average molecular weight is 488 g/mol. The van der Waals surface area contributed by atoms with Gasteiger partial charge in [-0.05, 0) is 42.1 Å². The molecule has 166 valence electrons. The summed E-state index contributed by atoms with van der Waals surface area (Å²) in [5, 5.41) is 19.8. The van der Waals surface area contributed by atoms with Crippen molar-refractivity contribution in [3.63, 3.8) is 0 Å². The molecule has 3 N–H and O–H groups in total. The number of piperidine rings is 1. The van der Waals surface area contributed by atoms with Crippen molar-refractivity contribution < 1.29 is 24.5 Å². The molecule has 0 bridgehead atoms. The number of carbonyl (C=O) groups excluding carboxylic acids is 1. The largest absolute Gasteiger partial charge is 0.481 e. The molecule has 10 nitrogen and oxygen atoms in total. The van der Waals surface area contributed by atoms with Crippen LogP contribution in [0, 0.1) is 0 Å². The third-order valence-corrected chi connectivity index (χ3v) is 6.58. The van der Waals surface area contributed by atoms with E-state index in [0.717, 1.165) is 0 Å². The lowest BCUT2D eigenvalue weighted by atomic mass is 9.75. The van der Waals surface area contributed by atoms with Gasteiger partial charge in [0, 0.05) is 38.5 Å². The molecular weight excluding hydrogens is 462 g/mol. The van der Waals surface area contributed by atoms with Crippen LogP contribution in [0.1, 0.15) is 51.5 Å². The van der Waals surface area contributed by atoms with Crippen LogP contribution in [-0.2, 0) is 14.3 Å². The summed E-state index contributed by atoms with van der Waals surface area (Å²) in [6, 6.07) is -0.667. The Kier molecular flexibility index (Phi) is 6.54. The number of aliphatic hydroxyl groups is 1. The van der Waals surface area contributed by atoms with Crippen molar-refractivity contribution in [2.24, 2.45) is 0 Å². The number of aromatic nitrogens is 2.